The van der Waals surface area contributed by atoms with Gasteiger partial charge in [-0.3, -0.25) is 0 Å². The highest BCUT2D eigenvalue weighted by atomic mass is 16.3. The minimum Gasteiger partial charge on any atom is -0.455 e. The first-order chi connectivity index (χ1) is 27.2. The van der Waals surface area contributed by atoms with Gasteiger partial charge in [-0.25, -0.2) is 24.9 Å². The number of benzene rings is 7. The van der Waals surface area contributed by atoms with E-state index in [1.54, 1.807) is 0 Å². The highest BCUT2D eigenvalue weighted by Crippen LogP contribution is 2.41. The number of furan rings is 1. The first-order valence-electron chi connectivity index (χ1n) is 18.2. The maximum Gasteiger partial charge on any atom is 0.167 e. The normalized spacial score (nSPS) is 11.3. The van der Waals surface area contributed by atoms with Crippen LogP contribution in [0.5, 0.6) is 0 Å². The first-order valence-corrected chi connectivity index (χ1v) is 18.2. The Kier molecular flexibility index (Phi) is 8.04. The summed E-state index contributed by atoms with van der Waals surface area (Å²) in [4.78, 5) is 24.9. The molecular formula is C49H31N5O. The third-order valence-corrected chi connectivity index (χ3v) is 9.78. The van der Waals surface area contributed by atoms with Gasteiger partial charge in [-0.2, -0.15) is 0 Å². The summed E-state index contributed by atoms with van der Waals surface area (Å²) in [6.45, 7) is 0. The fourth-order valence-electron chi connectivity index (χ4n) is 7.08. The zero-order chi connectivity index (χ0) is 36.6. The molecule has 10 aromatic rings. The van der Waals surface area contributed by atoms with Crippen LogP contribution in [-0.2, 0) is 0 Å². The van der Waals surface area contributed by atoms with E-state index in [4.69, 9.17) is 29.3 Å². The van der Waals surface area contributed by atoms with Crippen molar-refractivity contribution < 1.29 is 4.42 Å². The van der Waals surface area contributed by atoms with E-state index in [-0.39, 0.29) is 0 Å². The number of fused-ring (bicyclic) bond motifs is 3. The van der Waals surface area contributed by atoms with Crippen LogP contribution in [0.2, 0.25) is 0 Å². The Morgan fingerprint density at radius 3 is 1.31 bits per heavy atom. The van der Waals surface area contributed by atoms with Gasteiger partial charge >= 0.3 is 0 Å². The second kappa shape index (κ2) is 13.8. The Bertz CT molecular complexity index is 2830. The molecular weight excluding hydrogens is 675 g/mol. The molecule has 6 nitrogen and oxygen atoms in total. The predicted octanol–water partition coefficient (Wildman–Crippen LogP) is 12.2. The van der Waals surface area contributed by atoms with E-state index >= 15 is 0 Å². The third kappa shape index (κ3) is 6.11. The van der Waals surface area contributed by atoms with Crippen LogP contribution in [0.3, 0.4) is 0 Å². The lowest BCUT2D eigenvalue weighted by Gasteiger charge is -2.10. The van der Waals surface area contributed by atoms with Crippen molar-refractivity contribution in [3.63, 3.8) is 0 Å². The van der Waals surface area contributed by atoms with Crippen molar-refractivity contribution in [3.05, 3.63) is 188 Å². The molecule has 3 heterocycles. The summed E-state index contributed by atoms with van der Waals surface area (Å²) in [7, 11) is 0. The van der Waals surface area contributed by atoms with Crippen molar-refractivity contribution in [2.24, 2.45) is 0 Å². The molecule has 0 bridgehead atoms. The van der Waals surface area contributed by atoms with E-state index in [2.05, 4.69) is 66.7 Å². The van der Waals surface area contributed by atoms with Gasteiger partial charge in [0.1, 0.15) is 11.2 Å². The van der Waals surface area contributed by atoms with Crippen molar-refractivity contribution in [1.82, 2.24) is 24.9 Å². The molecule has 55 heavy (non-hydrogen) atoms. The van der Waals surface area contributed by atoms with Gasteiger partial charge < -0.3 is 4.42 Å². The maximum atomic E-state index is 6.67. The zero-order valence-electron chi connectivity index (χ0n) is 29.5. The summed E-state index contributed by atoms with van der Waals surface area (Å²) in [5.41, 5.74) is 11.1. The van der Waals surface area contributed by atoms with E-state index in [0.29, 0.717) is 23.3 Å². The average Bonchev–Trinajstić information content (AvgIpc) is 3.67. The van der Waals surface area contributed by atoms with Gasteiger partial charge in [-0.05, 0) is 29.3 Å². The van der Waals surface area contributed by atoms with E-state index < -0.39 is 0 Å². The van der Waals surface area contributed by atoms with Gasteiger partial charge in [0.2, 0.25) is 0 Å². The summed E-state index contributed by atoms with van der Waals surface area (Å²) in [5.74, 6) is 2.43. The van der Waals surface area contributed by atoms with Crippen molar-refractivity contribution in [2.75, 3.05) is 0 Å². The number of rotatable bonds is 7. The van der Waals surface area contributed by atoms with E-state index in [0.717, 1.165) is 77.8 Å². The quantitative estimate of drug-likeness (QED) is 0.164. The third-order valence-electron chi connectivity index (χ3n) is 9.78. The predicted molar refractivity (Wildman–Crippen MR) is 221 cm³/mol. The molecule has 10 rings (SSSR count). The molecule has 258 valence electrons. The van der Waals surface area contributed by atoms with E-state index in [1.807, 2.05) is 121 Å². The van der Waals surface area contributed by atoms with Gasteiger partial charge in [-0.15, -0.1) is 0 Å². The second-order valence-corrected chi connectivity index (χ2v) is 13.3. The SMILES string of the molecule is c1ccc(-c2cc(-c3ccccc3)nc(-c3ccc(-c4cccc5oc6c(-c7nc(-c8ccccc8)nc(-c8ccccc8)n7)cccc6c45)cc3)n2)cc1. The number of aromatic nitrogens is 5. The van der Waals surface area contributed by atoms with Gasteiger partial charge in [-0.1, -0.05) is 170 Å². The van der Waals surface area contributed by atoms with Crippen molar-refractivity contribution in [3.8, 4) is 79.2 Å². The summed E-state index contributed by atoms with van der Waals surface area (Å²) in [6, 6.07) is 63.4. The molecule has 6 heteroatoms. The Hall–Kier alpha value is -7.57. The average molecular weight is 706 g/mol. The fraction of sp³-hybridized carbons (Fsp3) is 0. The smallest absolute Gasteiger partial charge is 0.167 e. The molecule has 0 aliphatic carbocycles. The summed E-state index contributed by atoms with van der Waals surface area (Å²) in [6.07, 6.45) is 0. The van der Waals surface area contributed by atoms with Crippen LogP contribution in [0.1, 0.15) is 0 Å². The van der Waals surface area contributed by atoms with E-state index in [1.165, 1.54) is 0 Å². The summed E-state index contributed by atoms with van der Waals surface area (Å²) < 4.78 is 6.67. The molecule has 0 saturated carbocycles. The first kappa shape index (κ1) is 32.1. The molecule has 0 aliphatic rings. The summed E-state index contributed by atoms with van der Waals surface area (Å²) in [5, 5.41) is 2.02. The molecule has 0 spiro atoms. The highest BCUT2D eigenvalue weighted by Gasteiger charge is 2.20. The summed E-state index contributed by atoms with van der Waals surface area (Å²) >= 11 is 0. The minimum absolute atomic E-state index is 0.552. The molecule has 0 radical (unpaired) electrons. The van der Waals surface area contributed by atoms with Crippen LogP contribution < -0.4 is 0 Å². The number of para-hydroxylation sites is 1. The monoisotopic (exact) mass is 705 g/mol. The topological polar surface area (TPSA) is 77.6 Å². The molecule has 0 atom stereocenters. The van der Waals surface area contributed by atoms with Crippen molar-refractivity contribution in [1.29, 1.82) is 0 Å². The van der Waals surface area contributed by atoms with Crippen LogP contribution in [-0.4, -0.2) is 24.9 Å². The van der Waals surface area contributed by atoms with Crippen LogP contribution in [0.15, 0.2) is 192 Å². The molecule has 0 fully saturated rings. The lowest BCUT2D eigenvalue weighted by molar-refractivity contribution is 0.669. The molecule has 3 aromatic heterocycles. The molecule has 0 amide bonds. The van der Waals surface area contributed by atoms with Crippen LogP contribution in [0.25, 0.3) is 101 Å². The molecule has 0 N–H and O–H groups in total. The number of hydrogen-bond donors (Lipinski definition) is 0. The molecule has 7 aromatic carbocycles. The fourth-order valence-corrected chi connectivity index (χ4v) is 7.08. The number of hydrogen-bond acceptors (Lipinski definition) is 6. The molecule has 0 saturated heterocycles. The Balaban J connectivity index is 1.08. The van der Waals surface area contributed by atoms with Crippen LogP contribution in [0, 0.1) is 0 Å². The Morgan fingerprint density at radius 1 is 0.309 bits per heavy atom. The van der Waals surface area contributed by atoms with Crippen molar-refractivity contribution >= 4 is 21.9 Å². The second-order valence-electron chi connectivity index (χ2n) is 13.3. The Labute approximate surface area is 317 Å². The van der Waals surface area contributed by atoms with Crippen LogP contribution >= 0.6 is 0 Å². The zero-order valence-corrected chi connectivity index (χ0v) is 29.5. The largest absolute Gasteiger partial charge is 0.455 e. The van der Waals surface area contributed by atoms with Gasteiger partial charge in [0.25, 0.3) is 0 Å². The number of nitrogens with zero attached hydrogens (tertiary/aromatic N) is 5. The van der Waals surface area contributed by atoms with Gasteiger partial charge in [0.05, 0.1) is 17.0 Å². The maximum absolute atomic E-state index is 6.67. The van der Waals surface area contributed by atoms with Gasteiger partial charge in [0.15, 0.2) is 23.3 Å². The standard InChI is InChI=1S/C49H31N5O/c1-5-15-33(16-6-1)41-31-42(34-17-7-2-8-18-34)51-46(50-41)37-29-27-32(28-30-37)38-23-14-26-43-44(38)39-24-13-25-40(45(39)55-43)49-53-47(35-19-9-3-10-20-35)52-48(54-49)36-21-11-4-12-22-36/h1-31H. The van der Waals surface area contributed by atoms with Crippen molar-refractivity contribution in [2.45, 2.75) is 0 Å². The minimum atomic E-state index is 0.552. The lowest BCUT2D eigenvalue weighted by Crippen LogP contribution is -2.00. The molecule has 0 unspecified atom stereocenters. The molecule has 0 aliphatic heterocycles. The lowest BCUT2D eigenvalue weighted by atomic mass is 9.97. The highest BCUT2D eigenvalue weighted by molar-refractivity contribution is 6.15. The van der Waals surface area contributed by atoms with E-state index in [9.17, 15) is 0 Å². The Morgan fingerprint density at radius 2 is 0.745 bits per heavy atom. The van der Waals surface area contributed by atoms with Gasteiger partial charge in [0, 0.05) is 38.6 Å². The van der Waals surface area contributed by atoms with Crippen LogP contribution in [0.4, 0.5) is 0 Å².